The largest absolute Gasteiger partial charge is 0.327 e. The van der Waals surface area contributed by atoms with Gasteiger partial charge in [-0.3, -0.25) is 14.5 Å². The lowest BCUT2D eigenvalue weighted by Crippen LogP contribution is -2.44. The van der Waals surface area contributed by atoms with Gasteiger partial charge in [-0.05, 0) is 32.9 Å². The first-order valence-electron chi connectivity index (χ1n) is 7.39. The molecule has 2 amide bonds. The molecule has 5 heteroatoms. The Balaban J connectivity index is 1.84. The minimum Gasteiger partial charge on any atom is -0.327 e. The minimum atomic E-state index is -1.25. The number of rotatable bonds is 5. The summed E-state index contributed by atoms with van der Waals surface area (Å²) < 4.78 is 2.40. The maximum atomic E-state index is 12.2. The van der Waals surface area contributed by atoms with Crippen LogP contribution >= 0.6 is 0 Å². The summed E-state index contributed by atoms with van der Waals surface area (Å²) in [7, 11) is 0.898. The summed E-state index contributed by atoms with van der Waals surface area (Å²) in [5, 5.41) is 0. The second-order valence-corrected chi connectivity index (χ2v) is 12.0. The van der Waals surface area contributed by atoms with Crippen LogP contribution in [0.5, 0.6) is 0 Å². The van der Waals surface area contributed by atoms with E-state index in [4.69, 9.17) is 0 Å². The van der Waals surface area contributed by atoms with Gasteiger partial charge in [0.1, 0.15) is 8.24 Å². The van der Waals surface area contributed by atoms with Crippen LogP contribution in [0.3, 0.4) is 0 Å². The van der Waals surface area contributed by atoms with Gasteiger partial charge in [-0.25, -0.2) is 0 Å². The smallest absolute Gasteiger partial charge is 0.233 e. The van der Waals surface area contributed by atoms with Crippen LogP contribution in [-0.4, -0.2) is 49.7 Å². The first-order valence-corrected chi connectivity index (χ1v) is 10.8. The van der Waals surface area contributed by atoms with E-state index in [-0.39, 0.29) is 23.7 Å². The molecule has 1 saturated carbocycles. The summed E-state index contributed by atoms with van der Waals surface area (Å²) >= 11 is 0. The number of hydrogen-bond acceptors (Lipinski definition) is 3. The fraction of sp³-hybridized carbons (Fsp3) is 0.857. The van der Waals surface area contributed by atoms with Gasteiger partial charge < -0.3 is 4.57 Å². The third-order valence-corrected chi connectivity index (χ3v) is 7.22. The van der Waals surface area contributed by atoms with Crippen molar-refractivity contribution in [3.8, 4) is 0 Å². The van der Waals surface area contributed by atoms with Gasteiger partial charge in [0.2, 0.25) is 11.8 Å². The number of nitrogens with zero attached hydrogens (tertiary/aromatic N) is 2. The van der Waals surface area contributed by atoms with Gasteiger partial charge in [-0.15, -0.1) is 0 Å². The quantitative estimate of drug-likeness (QED) is 0.571. The predicted octanol–water partition coefficient (Wildman–Crippen LogP) is 1.93. The molecular weight excluding hydrogens is 256 g/mol. The van der Waals surface area contributed by atoms with Crippen LogP contribution in [0.4, 0.5) is 0 Å². The number of imide groups is 1. The van der Waals surface area contributed by atoms with E-state index in [0.717, 1.165) is 32.2 Å². The summed E-state index contributed by atoms with van der Waals surface area (Å²) in [6.45, 7) is 8.51. The number of amides is 2. The average Bonchev–Trinajstić information content (AvgIpc) is 2.87. The fourth-order valence-electron chi connectivity index (χ4n) is 3.08. The molecule has 2 fully saturated rings. The summed E-state index contributed by atoms with van der Waals surface area (Å²) in [5.41, 5.74) is 0. The van der Waals surface area contributed by atoms with Crippen molar-refractivity contribution >= 4 is 20.0 Å². The molecule has 0 bridgehead atoms. The van der Waals surface area contributed by atoms with E-state index in [0.29, 0.717) is 6.54 Å². The topological polar surface area (TPSA) is 40.6 Å². The van der Waals surface area contributed by atoms with Crippen LogP contribution in [0, 0.1) is 11.8 Å². The summed E-state index contributed by atoms with van der Waals surface area (Å²) in [6.07, 6.45) is 3.78. The number of carbonyl (C=O) groups is 2. The highest BCUT2D eigenvalue weighted by Crippen LogP contribution is 2.39. The monoisotopic (exact) mass is 282 g/mol. The number of hydrogen-bond donors (Lipinski definition) is 0. The Kier molecular flexibility index (Phi) is 4.16. The Morgan fingerprint density at radius 1 is 1.16 bits per heavy atom. The Hall–Kier alpha value is -0.683. The van der Waals surface area contributed by atoms with Crippen LogP contribution < -0.4 is 0 Å². The lowest BCUT2D eigenvalue weighted by molar-refractivity contribution is -0.140. The van der Waals surface area contributed by atoms with E-state index in [2.05, 4.69) is 31.3 Å². The van der Waals surface area contributed by atoms with Crippen molar-refractivity contribution in [1.29, 1.82) is 0 Å². The van der Waals surface area contributed by atoms with Crippen molar-refractivity contribution in [3.05, 3.63) is 0 Å². The molecule has 0 N–H and O–H groups in total. The fourth-order valence-corrected chi connectivity index (χ4v) is 3.91. The van der Waals surface area contributed by atoms with Crippen LogP contribution in [-0.2, 0) is 9.59 Å². The molecule has 2 aliphatic rings. The Bertz CT molecular complexity index is 356. The third-order valence-electron chi connectivity index (χ3n) is 4.70. The maximum Gasteiger partial charge on any atom is 0.233 e. The predicted molar refractivity (Wildman–Crippen MR) is 78.1 cm³/mol. The van der Waals surface area contributed by atoms with Gasteiger partial charge in [-0.2, -0.15) is 0 Å². The molecule has 1 saturated heterocycles. The van der Waals surface area contributed by atoms with Gasteiger partial charge >= 0.3 is 0 Å². The zero-order valence-electron chi connectivity index (χ0n) is 12.6. The molecule has 19 heavy (non-hydrogen) atoms. The first-order chi connectivity index (χ1) is 8.82. The molecule has 2 unspecified atom stereocenters. The van der Waals surface area contributed by atoms with Gasteiger partial charge in [0.05, 0.1) is 11.8 Å². The molecule has 1 aliphatic carbocycles. The summed E-state index contributed by atoms with van der Waals surface area (Å²) in [6, 6.07) is 0. The van der Waals surface area contributed by atoms with E-state index in [1.165, 1.54) is 4.90 Å². The van der Waals surface area contributed by atoms with Gasteiger partial charge in [0.15, 0.2) is 0 Å². The van der Waals surface area contributed by atoms with Gasteiger partial charge in [-0.1, -0.05) is 26.1 Å². The third kappa shape index (κ3) is 2.92. The number of likely N-dealkylation sites (tertiary alicyclic amines) is 1. The summed E-state index contributed by atoms with van der Waals surface area (Å²) in [4.78, 5) is 25.9. The molecule has 1 aliphatic heterocycles. The summed E-state index contributed by atoms with van der Waals surface area (Å²) in [5.74, 6) is 0.232. The van der Waals surface area contributed by atoms with E-state index in [9.17, 15) is 9.59 Å². The Labute approximate surface area is 117 Å². The minimum absolute atomic E-state index is 0.0159. The standard InChI is InChI=1S/C14H26N2O2Si/c1-15(19(2,3)4)9-6-10-16-13(17)11-7-5-8-12(11)14(16)18/h11-12H,5-10H2,1-4H3. The van der Waals surface area contributed by atoms with Crippen LogP contribution in [0.2, 0.25) is 19.6 Å². The van der Waals surface area contributed by atoms with Crippen LogP contribution in [0.15, 0.2) is 0 Å². The second-order valence-electron chi connectivity index (χ2n) is 6.92. The SMILES string of the molecule is CN(CCCN1C(=O)C2CCCC2C1=O)[Si](C)(C)C. The lowest BCUT2D eigenvalue weighted by atomic mass is 10.00. The van der Waals surface area contributed by atoms with E-state index < -0.39 is 8.24 Å². The maximum absolute atomic E-state index is 12.2. The van der Waals surface area contributed by atoms with Crippen LogP contribution in [0.1, 0.15) is 25.7 Å². The van der Waals surface area contributed by atoms with Crippen molar-refractivity contribution in [2.45, 2.75) is 45.3 Å². The zero-order valence-corrected chi connectivity index (χ0v) is 13.6. The molecule has 2 rings (SSSR count). The number of carbonyl (C=O) groups excluding carboxylic acids is 2. The highest BCUT2D eigenvalue weighted by atomic mass is 28.3. The van der Waals surface area contributed by atoms with Gasteiger partial charge in [0, 0.05) is 6.54 Å². The highest BCUT2D eigenvalue weighted by Gasteiger charge is 2.49. The number of fused-ring (bicyclic) bond motifs is 1. The average molecular weight is 282 g/mol. The molecule has 0 radical (unpaired) electrons. The normalized spacial score (nSPS) is 27.5. The van der Waals surface area contributed by atoms with E-state index in [1.54, 1.807) is 0 Å². The van der Waals surface area contributed by atoms with E-state index in [1.807, 2.05) is 0 Å². The molecular formula is C14H26N2O2Si. The Morgan fingerprint density at radius 2 is 1.68 bits per heavy atom. The molecule has 1 heterocycles. The molecule has 0 aromatic heterocycles. The van der Waals surface area contributed by atoms with Crippen molar-refractivity contribution in [2.24, 2.45) is 11.8 Å². The molecule has 0 spiro atoms. The van der Waals surface area contributed by atoms with Crippen molar-refractivity contribution < 1.29 is 9.59 Å². The van der Waals surface area contributed by atoms with Crippen molar-refractivity contribution in [3.63, 3.8) is 0 Å². The zero-order chi connectivity index (χ0) is 14.2. The Morgan fingerprint density at radius 3 is 2.16 bits per heavy atom. The molecule has 2 atom stereocenters. The van der Waals surface area contributed by atoms with E-state index >= 15 is 0 Å². The van der Waals surface area contributed by atoms with Gasteiger partial charge in [0.25, 0.3) is 0 Å². The molecule has 108 valence electrons. The van der Waals surface area contributed by atoms with Crippen molar-refractivity contribution in [2.75, 3.05) is 20.1 Å². The molecule has 0 aromatic carbocycles. The first kappa shape index (κ1) is 14.7. The second kappa shape index (κ2) is 5.36. The molecule has 4 nitrogen and oxygen atoms in total. The highest BCUT2D eigenvalue weighted by molar-refractivity contribution is 6.73. The lowest BCUT2D eigenvalue weighted by Gasteiger charge is -2.30. The van der Waals surface area contributed by atoms with Crippen LogP contribution in [0.25, 0.3) is 0 Å². The molecule has 0 aromatic rings. The van der Waals surface area contributed by atoms with Crippen molar-refractivity contribution in [1.82, 2.24) is 9.47 Å².